The van der Waals surface area contributed by atoms with Crippen LogP contribution in [0.3, 0.4) is 0 Å². The lowest BCUT2D eigenvalue weighted by Gasteiger charge is -2.34. The Kier molecular flexibility index (Phi) is 5.65. The number of piperidine rings is 1. The summed E-state index contributed by atoms with van der Waals surface area (Å²) >= 11 is -0.267. The number of rotatable bonds is 5. The highest BCUT2D eigenvalue weighted by atomic mass is 32.2. The molecule has 1 aliphatic heterocycles. The number of sulfonamides is 1. The first-order valence-electron chi connectivity index (χ1n) is 7.16. The third-order valence-corrected chi connectivity index (χ3v) is 6.02. The fraction of sp³-hybridized carbons (Fsp3) is 0.571. The molecule has 0 aromatic heterocycles. The van der Waals surface area contributed by atoms with Crippen molar-refractivity contribution in [2.45, 2.75) is 35.1 Å². The van der Waals surface area contributed by atoms with E-state index in [1.165, 1.54) is 24.3 Å². The van der Waals surface area contributed by atoms with Crippen LogP contribution in [0.4, 0.5) is 13.2 Å². The monoisotopic (exact) mass is 368 g/mol. The van der Waals surface area contributed by atoms with Gasteiger partial charge in [0.2, 0.25) is 10.0 Å². The van der Waals surface area contributed by atoms with Gasteiger partial charge in [-0.15, -0.1) is 0 Å². The van der Waals surface area contributed by atoms with Gasteiger partial charge in [0.05, 0.1) is 4.90 Å². The standard InChI is InChI=1S/C14H19F3N2O2S2/c1-13(6-8-18-9-7-13)10-19-23(20,21)12-4-2-11(3-5-12)22-14(15,16)17/h2-5,18-19H,6-10H2,1H3. The second-order valence-corrected chi connectivity index (χ2v) is 8.81. The predicted molar refractivity (Wildman–Crippen MR) is 83.8 cm³/mol. The molecule has 9 heteroatoms. The zero-order valence-corrected chi connectivity index (χ0v) is 14.2. The van der Waals surface area contributed by atoms with E-state index in [0.29, 0.717) is 6.54 Å². The van der Waals surface area contributed by atoms with Gasteiger partial charge in [0, 0.05) is 11.4 Å². The van der Waals surface area contributed by atoms with E-state index in [-0.39, 0.29) is 27.0 Å². The summed E-state index contributed by atoms with van der Waals surface area (Å²) in [6.07, 6.45) is 1.74. The smallest absolute Gasteiger partial charge is 0.317 e. The number of halogens is 3. The molecule has 0 radical (unpaired) electrons. The van der Waals surface area contributed by atoms with E-state index < -0.39 is 15.5 Å². The molecule has 1 aromatic carbocycles. The van der Waals surface area contributed by atoms with Crippen LogP contribution >= 0.6 is 11.8 Å². The van der Waals surface area contributed by atoms with E-state index in [2.05, 4.69) is 10.0 Å². The molecule has 0 saturated carbocycles. The molecule has 0 unspecified atom stereocenters. The molecule has 0 spiro atoms. The summed E-state index contributed by atoms with van der Waals surface area (Å²) in [6.45, 7) is 4.04. The minimum Gasteiger partial charge on any atom is -0.317 e. The van der Waals surface area contributed by atoms with Crippen molar-refractivity contribution in [3.05, 3.63) is 24.3 Å². The van der Waals surface area contributed by atoms with Crippen LogP contribution in [0.1, 0.15) is 19.8 Å². The normalized spacial score (nSPS) is 18.8. The lowest BCUT2D eigenvalue weighted by atomic mass is 9.81. The van der Waals surface area contributed by atoms with Crippen molar-refractivity contribution >= 4 is 21.8 Å². The van der Waals surface area contributed by atoms with Crippen molar-refractivity contribution < 1.29 is 21.6 Å². The fourth-order valence-electron chi connectivity index (χ4n) is 2.38. The van der Waals surface area contributed by atoms with Crippen LogP contribution in [-0.2, 0) is 10.0 Å². The first kappa shape index (κ1) is 18.6. The van der Waals surface area contributed by atoms with Crippen molar-refractivity contribution in [1.82, 2.24) is 10.0 Å². The summed E-state index contributed by atoms with van der Waals surface area (Å²) in [5.41, 5.74) is -4.49. The van der Waals surface area contributed by atoms with E-state index >= 15 is 0 Å². The molecule has 1 saturated heterocycles. The molecule has 0 amide bonds. The molecule has 130 valence electrons. The summed E-state index contributed by atoms with van der Waals surface area (Å²) in [5.74, 6) is 0. The van der Waals surface area contributed by atoms with Gasteiger partial charge in [-0.3, -0.25) is 0 Å². The number of alkyl halides is 3. The van der Waals surface area contributed by atoms with Crippen molar-refractivity contribution in [3.63, 3.8) is 0 Å². The molecule has 4 nitrogen and oxygen atoms in total. The molecule has 2 rings (SSSR count). The maximum Gasteiger partial charge on any atom is 0.446 e. The Labute approximate surface area is 138 Å². The van der Waals surface area contributed by atoms with Crippen LogP contribution in [-0.4, -0.2) is 33.6 Å². The quantitative estimate of drug-likeness (QED) is 0.785. The summed E-state index contributed by atoms with van der Waals surface area (Å²) in [6, 6.07) is 4.72. The third kappa shape index (κ3) is 5.66. The number of nitrogens with one attached hydrogen (secondary N) is 2. The second kappa shape index (κ2) is 7.00. The SMILES string of the molecule is CC1(CNS(=O)(=O)c2ccc(SC(F)(F)F)cc2)CCNCC1. The Morgan fingerprint density at radius 1 is 1.22 bits per heavy atom. The first-order chi connectivity index (χ1) is 10.6. The highest BCUT2D eigenvalue weighted by Gasteiger charge is 2.30. The van der Waals surface area contributed by atoms with E-state index in [1.807, 2.05) is 6.92 Å². The van der Waals surface area contributed by atoms with Gasteiger partial charge in [0.25, 0.3) is 0 Å². The Morgan fingerprint density at radius 3 is 2.30 bits per heavy atom. The molecular formula is C14H19F3N2O2S2. The van der Waals surface area contributed by atoms with Crippen LogP contribution in [0.25, 0.3) is 0 Å². The average molecular weight is 368 g/mol. The number of hydrogen-bond acceptors (Lipinski definition) is 4. The molecule has 2 N–H and O–H groups in total. The largest absolute Gasteiger partial charge is 0.446 e. The summed E-state index contributed by atoms with van der Waals surface area (Å²) in [5, 5.41) is 3.22. The highest BCUT2D eigenvalue weighted by Crippen LogP contribution is 2.37. The van der Waals surface area contributed by atoms with Gasteiger partial charge in [-0.05, 0) is 67.4 Å². The second-order valence-electron chi connectivity index (χ2n) is 5.90. The number of benzene rings is 1. The van der Waals surface area contributed by atoms with Crippen LogP contribution in [0.2, 0.25) is 0 Å². The Morgan fingerprint density at radius 2 is 1.78 bits per heavy atom. The summed E-state index contributed by atoms with van der Waals surface area (Å²) < 4.78 is 63.9. The zero-order valence-electron chi connectivity index (χ0n) is 12.6. The van der Waals surface area contributed by atoms with Crippen molar-refractivity contribution in [3.8, 4) is 0 Å². The maximum absolute atomic E-state index is 12.3. The molecule has 1 aromatic rings. The predicted octanol–water partition coefficient (Wildman–Crippen LogP) is 2.97. The molecular weight excluding hydrogens is 349 g/mol. The molecule has 1 heterocycles. The lowest BCUT2D eigenvalue weighted by Crippen LogP contribution is -2.42. The number of hydrogen-bond donors (Lipinski definition) is 2. The van der Waals surface area contributed by atoms with E-state index in [4.69, 9.17) is 0 Å². The van der Waals surface area contributed by atoms with Crippen LogP contribution in [0.5, 0.6) is 0 Å². The van der Waals surface area contributed by atoms with Crippen LogP contribution in [0, 0.1) is 5.41 Å². The van der Waals surface area contributed by atoms with Crippen LogP contribution < -0.4 is 10.0 Å². The van der Waals surface area contributed by atoms with Crippen LogP contribution in [0.15, 0.2) is 34.1 Å². The Balaban J connectivity index is 2.01. The third-order valence-electron chi connectivity index (χ3n) is 3.87. The fourth-order valence-corrected chi connectivity index (χ4v) is 4.12. The Bertz CT molecular complexity index is 624. The molecule has 0 atom stereocenters. The first-order valence-corrected chi connectivity index (χ1v) is 9.46. The van der Waals surface area contributed by atoms with Gasteiger partial charge in [-0.1, -0.05) is 6.92 Å². The van der Waals surface area contributed by atoms with Gasteiger partial charge in [-0.2, -0.15) is 13.2 Å². The average Bonchev–Trinajstić information content (AvgIpc) is 2.45. The van der Waals surface area contributed by atoms with Crippen molar-refractivity contribution in [2.75, 3.05) is 19.6 Å². The molecule has 0 bridgehead atoms. The minimum absolute atomic E-state index is 0.0263. The van der Waals surface area contributed by atoms with Gasteiger partial charge >= 0.3 is 5.51 Å². The summed E-state index contributed by atoms with van der Waals surface area (Å²) in [7, 11) is -3.72. The van der Waals surface area contributed by atoms with Crippen molar-refractivity contribution in [1.29, 1.82) is 0 Å². The van der Waals surface area contributed by atoms with E-state index in [1.54, 1.807) is 0 Å². The lowest BCUT2D eigenvalue weighted by molar-refractivity contribution is -0.0328. The number of thioether (sulfide) groups is 1. The topological polar surface area (TPSA) is 58.2 Å². The molecule has 1 fully saturated rings. The van der Waals surface area contributed by atoms with E-state index in [0.717, 1.165) is 25.9 Å². The van der Waals surface area contributed by atoms with Crippen molar-refractivity contribution in [2.24, 2.45) is 5.41 Å². The van der Waals surface area contributed by atoms with Gasteiger partial charge < -0.3 is 5.32 Å². The zero-order chi connectivity index (χ0) is 17.1. The molecule has 23 heavy (non-hydrogen) atoms. The highest BCUT2D eigenvalue weighted by molar-refractivity contribution is 8.00. The Hall–Kier alpha value is -0.770. The molecule has 0 aliphatic carbocycles. The van der Waals surface area contributed by atoms with Gasteiger partial charge in [0.1, 0.15) is 0 Å². The maximum atomic E-state index is 12.3. The van der Waals surface area contributed by atoms with Gasteiger partial charge in [-0.25, -0.2) is 13.1 Å². The summed E-state index contributed by atoms with van der Waals surface area (Å²) in [4.78, 5) is -0.0664. The molecule has 1 aliphatic rings. The minimum atomic E-state index is -4.39. The van der Waals surface area contributed by atoms with E-state index in [9.17, 15) is 21.6 Å². The van der Waals surface area contributed by atoms with Gasteiger partial charge in [0.15, 0.2) is 0 Å².